The highest BCUT2D eigenvalue weighted by atomic mass is 19.1. The smallest absolute Gasteiger partial charge is 0.341 e. The van der Waals surface area contributed by atoms with Crippen LogP contribution in [0, 0.1) is 19.7 Å². The molecule has 2 aromatic rings. The van der Waals surface area contributed by atoms with Crippen LogP contribution in [0.5, 0.6) is 11.6 Å². The number of aromatic carboxylic acids is 1. The Morgan fingerprint density at radius 2 is 2.00 bits per heavy atom. The number of ether oxygens (including phenoxy) is 1. The van der Waals surface area contributed by atoms with Gasteiger partial charge in [-0.3, -0.25) is 0 Å². The maximum Gasteiger partial charge on any atom is 0.341 e. The van der Waals surface area contributed by atoms with E-state index in [1.807, 2.05) is 0 Å². The van der Waals surface area contributed by atoms with E-state index in [0.29, 0.717) is 17.0 Å². The quantitative estimate of drug-likeness (QED) is 0.920. The molecule has 0 aliphatic carbocycles. The van der Waals surface area contributed by atoms with Gasteiger partial charge < -0.3 is 9.84 Å². The number of carboxylic acids is 1. The molecule has 1 aromatic heterocycles. The first-order valence-corrected chi connectivity index (χ1v) is 5.62. The Labute approximate surface area is 109 Å². The molecule has 1 N–H and O–H groups in total. The molecule has 0 radical (unpaired) electrons. The van der Waals surface area contributed by atoms with Crippen molar-refractivity contribution in [2.45, 2.75) is 13.8 Å². The van der Waals surface area contributed by atoms with Crippen LogP contribution in [-0.2, 0) is 0 Å². The first kappa shape index (κ1) is 13.0. The largest absolute Gasteiger partial charge is 0.477 e. The minimum absolute atomic E-state index is 0.00204. The van der Waals surface area contributed by atoms with Crippen LogP contribution in [0.3, 0.4) is 0 Å². The third-order valence-electron chi connectivity index (χ3n) is 2.57. The van der Waals surface area contributed by atoms with Crippen molar-refractivity contribution in [2.24, 2.45) is 0 Å². The fraction of sp³-hybridized carbons (Fsp3) is 0.143. The Morgan fingerprint density at radius 1 is 1.26 bits per heavy atom. The van der Waals surface area contributed by atoms with Crippen molar-refractivity contribution in [1.82, 2.24) is 4.98 Å². The molecule has 0 unspecified atom stereocenters. The van der Waals surface area contributed by atoms with E-state index < -0.39 is 5.97 Å². The second-order valence-corrected chi connectivity index (χ2v) is 4.12. The van der Waals surface area contributed by atoms with Gasteiger partial charge >= 0.3 is 5.97 Å². The zero-order valence-electron chi connectivity index (χ0n) is 10.5. The van der Waals surface area contributed by atoms with Gasteiger partial charge in [-0.1, -0.05) is 0 Å². The van der Waals surface area contributed by atoms with Gasteiger partial charge in [0.05, 0.1) is 0 Å². The molecule has 98 valence electrons. The van der Waals surface area contributed by atoms with E-state index in [-0.39, 0.29) is 17.3 Å². The van der Waals surface area contributed by atoms with Crippen molar-refractivity contribution in [3.63, 3.8) is 0 Å². The van der Waals surface area contributed by atoms with Crippen LogP contribution < -0.4 is 4.74 Å². The minimum Gasteiger partial charge on any atom is -0.477 e. The number of aromatic nitrogens is 1. The molecular formula is C14H12FNO3. The fourth-order valence-electron chi connectivity index (χ4n) is 1.60. The summed E-state index contributed by atoms with van der Waals surface area (Å²) in [7, 11) is 0. The number of halogens is 1. The van der Waals surface area contributed by atoms with Gasteiger partial charge in [-0.25, -0.2) is 14.2 Å². The van der Waals surface area contributed by atoms with Crippen molar-refractivity contribution in [3.05, 3.63) is 53.0 Å². The molecule has 0 saturated carbocycles. The summed E-state index contributed by atoms with van der Waals surface area (Å²) in [5.74, 6) is -1.12. The lowest BCUT2D eigenvalue weighted by Gasteiger charge is -2.10. The standard InChI is InChI=1S/C14H12FNO3/c1-8-7-10(15)4-6-12(8)19-13-11(14(17)18)5-3-9(2)16-13/h3-7H,1-2H3,(H,17,18). The van der Waals surface area contributed by atoms with Crippen LogP contribution in [-0.4, -0.2) is 16.1 Å². The third kappa shape index (κ3) is 2.88. The molecule has 2 rings (SSSR count). The molecule has 5 heteroatoms. The lowest BCUT2D eigenvalue weighted by molar-refractivity contribution is 0.0693. The Hall–Kier alpha value is -2.43. The van der Waals surface area contributed by atoms with Gasteiger partial charge in [-0.15, -0.1) is 0 Å². The van der Waals surface area contributed by atoms with E-state index >= 15 is 0 Å². The van der Waals surface area contributed by atoms with Crippen molar-refractivity contribution >= 4 is 5.97 Å². The molecular weight excluding hydrogens is 249 g/mol. The van der Waals surface area contributed by atoms with Gasteiger partial charge in [0.25, 0.3) is 0 Å². The van der Waals surface area contributed by atoms with E-state index in [4.69, 9.17) is 9.84 Å². The fourth-order valence-corrected chi connectivity index (χ4v) is 1.60. The summed E-state index contributed by atoms with van der Waals surface area (Å²) in [5, 5.41) is 9.07. The zero-order chi connectivity index (χ0) is 14.0. The minimum atomic E-state index is -1.12. The molecule has 0 spiro atoms. The number of nitrogens with zero attached hydrogens (tertiary/aromatic N) is 1. The van der Waals surface area contributed by atoms with Crippen LogP contribution in [0.25, 0.3) is 0 Å². The number of aryl methyl sites for hydroxylation is 2. The Balaban J connectivity index is 2.42. The molecule has 0 saturated heterocycles. The van der Waals surface area contributed by atoms with E-state index in [1.54, 1.807) is 19.9 Å². The van der Waals surface area contributed by atoms with Crippen molar-refractivity contribution in [3.8, 4) is 11.6 Å². The van der Waals surface area contributed by atoms with Gasteiger partial charge in [0.15, 0.2) is 0 Å². The number of rotatable bonds is 3. The molecule has 4 nitrogen and oxygen atoms in total. The molecule has 0 bridgehead atoms. The molecule has 0 atom stereocenters. The average molecular weight is 261 g/mol. The van der Waals surface area contributed by atoms with Crippen LogP contribution in [0.2, 0.25) is 0 Å². The van der Waals surface area contributed by atoms with E-state index in [1.165, 1.54) is 24.3 Å². The number of carbonyl (C=O) groups is 1. The average Bonchev–Trinajstić information content (AvgIpc) is 2.32. The maximum atomic E-state index is 13.0. The van der Waals surface area contributed by atoms with Gasteiger partial charge in [0.1, 0.15) is 17.1 Å². The predicted molar refractivity (Wildman–Crippen MR) is 67.1 cm³/mol. The molecule has 19 heavy (non-hydrogen) atoms. The second kappa shape index (κ2) is 5.06. The SMILES string of the molecule is Cc1ccc(C(=O)O)c(Oc2ccc(F)cc2C)n1. The highest BCUT2D eigenvalue weighted by Gasteiger charge is 2.14. The summed E-state index contributed by atoms with van der Waals surface area (Å²) in [5.41, 5.74) is 1.17. The summed E-state index contributed by atoms with van der Waals surface area (Å²) in [6, 6.07) is 7.02. The summed E-state index contributed by atoms with van der Waals surface area (Å²) in [4.78, 5) is 15.1. The van der Waals surface area contributed by atoms with Crippen molar-refractivity contribution < 1.29 is 19.0 Å². The summed E-state index contributed by atoms with van der Waals surface area (Å²) >= 11 is 0. The molecule has 0 aliphatic heterocycles. The third-order valence-corrected chi connectivity index (χ3v) is 2.57. The number of hydrogen-bond acceptors (Lipinski definition) is 3. The summed E-state index contributed by atoms with van der Waals surface area (Å²) in [6.45, 7) is 3.41. The molecule has 0 amide bonds. The summed E-state index contributed by atoms with van der Waals surface area (Å²) in [6.07, 6.45) is 0. The highest BCUT2D eigenvalue weighted by Crippen LogP contribution is 2.27. The van der Waals surface area contributed by atoms with Gasteiger partial charge in [0, 0.05) is 5.69 Å². The topological polar surface area (TPSA) is 59.4 Å². The summed E-state index contributed by atoms with van der Waals surface area (Å²) < 4.78 is 18.5. The van der Waals surface area contributed by atoms with Crippen LogP contribution in [0.1, 0.15) is 21.6 Å². The molecule has 0 fully saturated rings. The van der Waals surface area contributed by atoms with Gasteiger partial charge in [-0.05, 0) is 49.7 Å². The monoisotopic (exact) mass is 261 g/mol. The Morgan fingerprint density at radius 3 is 2.63 bits per heavy atom. The normalized spacial score (nSPS) is 10.3. The molecule has 1 heterocycles. The number of hydrogen-bond donors (Lipinski definition) is 1. The van der Waals surface area contributed by atoms with Gasteiger partial charge in [0.2, 0.25) is 5.88 Å². The van der Waals surface area contributed by atoms with E-state index in [2.05, 4.69) is 4.98 Å². The molecule has 1 aromatic carbocycles. The van der Waals surface area contributed by atoms with E-state index in [0.717, 1.165) is 0 Å². The van der Waals surface area contributed by atoms with Crippen molar-refractivity contribution in [2.75, 3.05) is 0 Å². The van der Waals surface area contributed by atoms with Gasteiger partial charge in [-0.2, -0.15) is 0 Å². The van der Waals surface area contributed by atoms with Crippen LogP contribution in [0.4, 0.5) is 4.39 Å². The van der Waals surface area contributed by atoms with E-state index in [9.17, 15) is 9.18 Å². The Kier molecular flexibility index (Phi) is 3.46. The zero-order valence-corrected chi connectivity index (χ0v) is 10.5. The lowest BCUT2D eigenvalue weighted by atomic mass is 10.2. The number of benzene rings is 1. The Bertz CT molecular complexity index is 641. The highest BCUT2D eigenvalue weighted by molar-refractivity contribution is 5.90. The predicted octanol–water partition coefficient (Wildman–Crippen LogP) is 3.33. The lowest BCUT2D eigenvalue weighted by Crippen LogP contribution is -2.03. The number of pyridine rings is 1. The maximum absolute atomic E-state index is 13.0. The first-order chi connectivity index (χ1) is 8.97. The van der Waals surface area contributed by atoms with Crippen molar-refractivity contribution in [1.29, 1.82) is 0 Å². The first-order valence-electron chi connectivity index (χ1n) is 5.62. The second-order valence-electron chi connectivity index (χ2n) is 4.12. The van der Waals surface area contributed by atoms with Crippen LogP contribution >= 0.6 is 0 Å². The molecule has 0 aliphatic rings. The van der Waals surface area contributed by atoms with Crippen LogP contribution in [0.15, 0.2) is 30.3 Å². The number of carboxylic acid groups (broad SMARTS) is 1.